The van der Waals surface area contributed by atoms with Gasteiger partial charge in [0.15, 0.2) is 0 Å². The van der Waals surface area contributed by atoms with Gasteiger partial charge in [-0.15, -0.1) is 11.3 Å². The third-order valence-corrected chi connectivity index (χ3v) is 5.94. The molecule has 3 rings (SSSR count). The first-order valence-corrected chi connectivity index (χ1v) is 11.3. The van der Waals surface area contributed by atoms with E-state index in [2.05, 4.69) is 43.3 Å². The summed E-state index contributed by atoms with van der Waals surface area (Å²) >= 11 is 1.58. The molecule has 0 saturated carbocycles. The highest BCUT2D eigenvalue weighted by Gasteiger charge is 2.22. The van der Waals surface area contributed by atoms with Crippen molar-refractivity contribution in [2.24, 2.45) is 5.92 Å². The van der Waals surface area contributed by atoms with Gasteiger partial charge in [-0.2, -0.15) is 0 Å². The van der Waals surface area contributed by atoms with Crippen molar-refractivity contribution in [1.82, 2.24) is 14.5 Å². The molecule has 1 amide bonds. The molecule has 0 bridgehead atoms. The molecule has 0 spiro atoms. The highest BCUT2D eigenvalue weighted by molar-refractivity contribution is 7.14. The number of carbonyl (C=O) groups excluding carboxylic acids is 1. The van der Waals surface area contributed by atoms with Crippen LogP contribution < -0.4 is 0 Å². The predicted molar refractivity (Wildman–Crippen MR) is 118 cm³/mol. The topological polar surface area (TPSA) is 38.1 Å². The van der Waals surface area contributed by atoms with Crippen molar-refractivity contribution in [2.75, 3.05) is 6.54 Å². The van der Waals surface area contributed by atoms with Crippen molar-refractivity contribution >= 4 is 28.3 Å². The summed E-state index contributed by atoms with van der Waals surface area (Å²) in [5.74, 6) is 0.914. The number of hydrogen-bond donors (Lipinski definition) is 0. The Balaban J connectivity index is 1.93. The molecule has 2 aromatic heterocycles. The highest BCUT2D eigenvalue weighted by Crippen LogP contribution is 2.23. The number of nitrogens with zero attached hydrogens (tertiary/aromatic N) is 3. The van der Waals surface area contributed by atoms with Crippen molar-refractivity contribution in [3.05, 3.63) is 51.7 Å². The van der Waals surface area contributed by atoms with E-state index >= 15 is 0 Å². The molecule has 4 nitrogen and oxygen atoms in total. The van der Waals surface area contributed by atoms with Crippen LogP contribution in [-0.2, 0) is 19.5 Å². The summed E-state index contributed by atoms with van der Waals surface area (Å²) in [4.78, 5) is 21.9. The van der Waals surface area contributed by atoms with Crippen LogP contribution in [0.3, 0.4) is 0 Å². The number of benzene rings is 1. The molecule has 0 radical (unpaired) electrons. The third kappa shape index (κ3) is 5.04. The van der Waals surface area contributed by atoms with E-state index in [0.29, 0.717) is 24.5 Å². The van der Waals surface area contributed by atoms with Crippen LogP contribution in [0.4, 0.5) is 4.39 Å². The number of aryl methyl sites for hydroxylation is 2. The van der Waals surface area contributed by atoms with E-state index in [1.165, 1.54) is 17.0 Å². The van der Waals surface area contributed by atoms with Crippen LogP contribution in [0.1, 0.15) is 60.9 Å². The minimum atomic E-state index is -0.289. The largest absolute Gasteiger partial charge is 0.330 e. The maximum atomic E-state index is 13.7. The number of imidazole rings is 1. The summed E-state index contributed by atoms with van der Waals surface area (Å²) in [6.07, 6.45) is 3.01. The van der Waals surface area contributed by atoms with Crippen LogP contribution in [0.15, 0.2) is 30.3 Å². The molecule has 0 aliphatic rings. The van der Waals surface area contributed by atoms with Crippen molar-refractivity contribution in [1.29, 1.82) is 0 Å². The normalized spacial score (nSPS) is 11.5. The monoisotopic (exact) mass is 415 g/mol. The first-order valence-electron chi connectivity index (χ1n) is 10.5. The Morgan fingerprint density at radius 1 is 1.21 bits per heavy atom. The summed E-state index contributed by atoms with van der Waals surface area (Å²) < 4.78 is 15.8. The van der Waals surface area contributed by atoms with Gasteiger partial charge < -0.3 is 9.47 Å². The Morgan fingerprint density at radius 2 is 2.00 bits per heavy atom. The minimum Gasteiger partial charge on any atom is -0.330 e. The van der Waals surface area contributed by atoms with Crippen LogP contribution in [0, 0.1) is 11.7 Å². The van der Waals surface area contributed by atoms with Crippen LogP contribution in [0.2, 0.25) is 0 Å². The predicted octanol–water partition coefficient (Wildman–Crippen LogP) is 5.90. The average molecular weight is 416 g/mol. The standard InChI is InChI=1S/C23H30FN3OS/c1-5-7-18-9-11-21(29-18)23(28)26(14-16(3)4)15-22-25-19-13-17(24)8-10-20(19)27(22)12-6-2/h8-11,13,16H,5-7,12,14-15H2,1-4H3. The molecule has 0 aliphatic carbocycles. The van der Waals surface area contributed by atoms with Gasteiger partial charge in [0.05, 0.1) is 22.5 Å². The van der Waals surface area contributed by atoms with Gasteiger partial charge in [-0.05, 0) is 43.0 Å². The second-order valence-electron chi connectivity index (χ2n) is 7.91. The lowest BCUT2D eigenvalue weighted by Gasteiger charge is -2.24. The Bertz CT molecular complexity index is 976. The number of amides is 1. The lowest BCUT2D eigenvalue weighted by Crippen LogP contribution is -2.34. The Hall–Kier alpha value is -2.21. The van der Waals surface area contributed by atoms with Crippen molar-refractivity contribution in [3.63, 3.8) is 0 Å². The van der Waals surface area contributed by atoms with Gasteiger partial charge in [-0.3, -0.25) is 4.79 Å². The van der Waals surface area contributed by atoms with Gasteiger partial charge in [0.2, 0.25) is 0 Å². The summed E-state index contributed by atoms with van der Waals surface area (Å²) in [6, 6.07) is 8.72. The maximum Gasteiger partial charge on any atom is 0.264 e. The van der Waals surface area contributed by atoms with Crippen LogP contribution in [0.5, 0.6) is 0 Å². The van der Waals surface area contributed by atoms with Gasteiger partial charge in [0, 0.05) is 24.0 Å². The van der Waals surface area contributed by atoms with Crippen molar-refractivity contribution < 1.29 is 9.18 Å². The summed E-state index contributed by atoms with van der Waals surface area (Å²) in [6.45, 7) is 10.4. The zero-order chi connectivity index (χ0) is 21.0. The molecular weight excluding hydrogens is 385 g/mol. The zero-order valence-corrected chi connectivity index (χ0v) is 18.6. The Labute approximate surface area is 176 Å². The molecule has 2 heterocycles. The van der Waals surface area contributed by atoms with Crippen LogP contribution in [0.25, 0.3) is 11.0 Å². The molecule has 1 aromatic carbocycles. The van der Waals surface area contributed by atoms with Crippen molar-refractivity contribution in [2.45, 2.75) is 60.0 Å². The van der Waals surface area contributed by atoms with Gasteiger partial charge >= 0.3 is 0 Å². The van der Waals surface area contributed by atoms with Gasteiger partial charge in [0.1, 0.15) is 11.6 Å². The lowest BCUT2D eigenvalue weighted by molar-refractivity contribution is 0.0721. The van der Waals surface area contributed by atoms with E-state index in [0.717, 1.165) is 42.0 Å². The molecule has 0 N–H and O–H groups in total. The van der Waals surface area contributed by atoms with E-state index < -0.39 is 0 Å². The molecule has 6 heteroatoms. The van der Waals surface area contributed by atoms with E-state index in [1.807, 2.05) is 11.0 Å². The highest BCUT2D eigenvalue weighted by atomic mass is 32.1. The summed E-state index contributed by atoms with van der Waals surface area (Å²) in [5.41, 5.74) is 1.56. The summed E-state index contributed by atoms with van der Waals surface area (Å²) in [5, 5.41) is 0. The summed E-state index contributed by atoms with van der Waals surface area (Å²) in [7, 11) is 0. The fourth-order valence-electron chi connectivity index (χ4n) is 3.61. The second-order valence-corrected chi connectivity index (χ2v) is 9.08. The number of thiophene rings is 1. The smallest absolute Gasteiger partial charge is 0.264 e. The molecule has 0 fully saturated rings. The fraction of sp³-hybridized carbons (Fsp3) is 0.478. The molecule has 156 valence electrons. The molecule has 0 saturated heterocycles. The Morgan fingerprint density at radius 3 is 2.69 bits per heavy atom. The molecule has 3 aromatic rings. The van der Waals surface area contributed by atoms with E-state index in [4.69, 9.17) is 0 Å². The number of fused-ring (bicyclic) bond motifs is 1. The van der Waals surface area contributed by atoms with E-state index in [-0.39, 0.29) is 11.7 Å². The molecule has 29 heavy (non-hydrogen) atoms. The fourth-order valence-corrected chi connectivity index (χ4v) is 4.68. The zero-order valence-electron chi connectivity index (χ0n) is 17.7. The molecule has 0 atom stereocenters. The first kappa shape index (κ1) is 21.5. The maximum absolute atomic E-state index is 13.7. The average Bonchev–Trinajstić information content (AvgIpc) is 3.26. The number of aromatic nitrogens is 2. The Kier molecular flexibility index (Phi) is 7.06. The van der Waals surface area contributed by atoms with Crippen LogP contribution in [-0.4, -0.2) is 26.9 Å². The van der Waals surface area contributed by atoms with E-state index in [1.54, 1.807) is 17.4 Å². The number of carbonyl (C=O) groups is 1. The number of hydrogen-bond acceptors (Lipinski definition) is 3. The second kappa shape index (κ2) is 9.53. The SMILES string of the molecule is CCCc1ccc(C(=O)N(Cc2nc3cc(F)ccc3n2CCC)CC(C)C)s1. The van der Waals surface area contributed by atoms with Gasteiger partial charge in [0.25, 0.3) is 5.91 Å². The minimum absolute atomic E-state index is 0.0485. The van der Waals surface area contributed by atoms with Gasteiger partial charge in [-0.25, -0.2) is 9.37 Å². The van der Waals surface area contributed by atoms with Crippen molar-refractivity contribution in [3.8, 4) is 0 Å². The molecule has 0 aliphatic heterocycles. The molecule has 0 unspecified atom stereocenters. The van der Waals surface area contributed by atoms with Gasteiger partial charge in [-0.1, -0.05) is 34.1 Å². The first-order chi connectivity index (χ1) is 13.9. The molecular formula is C23H30FN3OS. The third-order valence-electron chi connectivity index (χ3n) is 4.81. The number of rotatable bonds is 9. The van der Waals surface area contributed by atoms with E-state index in [9.17, 15) is 9.18 Å². The quantitative estimate of drug-likeness (QED) is 0.436. The lowest BCUT2D eigenvalue weighted by atomic mass is 10.2. The van der Waals surface area contributed by atoms with Crippen LogP contribution >= 0.6 is 11.3 Å². The number of halogens is 1.